The zero-order valence-corrected chi connectivity index (χ0v) is 11.2. The largest absolute Gasteiger partial charge is 0.356 e. The molecule has 102 valence electrons. The van der Waals surface area contributed by atoms with E-state index in [2.05, 4.69) is 25.4 Å². The summed E-state index contributed by atoms with van der Waals surface area (Å²) in [5, 5.41) is 9.78. The van der Waals surface area contributed by atoms with Crippen LogP contribution >= 0.6 is 0 Å². The molecule has 0 saturated carbocycles. The van der Waals surface area contributed by atoms with Crippen molar-refractivity contribution in [1.29, 1.82) is 0 Å². The van der Waals surface area contributed by atoms with Crippen molar-refractivity contribution in [3.05, 3.63) is 22.4 Å². The number of aromatic nitrogens is 4. The van der Waals surface area contributed by atoms with Crippen LogP contribution in [0, 0.1) is 6.92 Å². The van der Waals surface area contributed by atoms with Gasteiger partial charge in [-0.05, 0) is 26.8 Å². The van der Waals surface area contributed by atoms with Crippen molar-refractivity contribution in [2.24, 2.45) is 0 Å². The Morgan fingerprint density at radius 1 is 1.42 bits per heavy atom. The summed E-state index contributed by atoms with van der Waals surface area (Å²) >= 11 is 0. The lowest BCUT2D eigenvalue weighted by Crippen LogP contribution is -2.41. The number of anilines is 1. The Kier molecular flexibility index (Phi) is 2.98. The molecule has 1 aliphatic heterocycles. The molecule has 1 saturated heterocycles. The number of nitrogens with one attached hydrogen (secondary N) is 2. The Morgan fingerprint density at radius 3 is 2.84 bits per heavy atom. The molecule has 0 radical (unpaired) electrons. The maximum Gasteiger partial charge on any atom is 0.349 e. The van der Waals surface area contributed by atoms with Crippen LogP contribution in [0.1, 0.15) is 18.7 Å². The molecule has 0 unspecified atom stereocenters. The summed E-state index contributed by atoms with van der Waals surface area (Å²) in [6.07, 6.45) is 2.21. The minimum atomic E-state index is -0.236. The Morgan fingerprint density at radius 2 is 2.16 bits per heavy atom. The van der Waals surface area contributed by atoms with Crippen molar-refractivity contribution < 1.29 is 0 Å². The van der Waals surface area contributed by atoms with Gasteiger partial charge in [-0.3, -0.25) is 0 Å². The number of aromatic amines is 1. The summed E-state index contributed by atoms with van der Waals surface area (Å²) in [6.45, 7) is 3.78. The molecule has 0 aliphatic carbocycles. The van der Waals surface area contributed by atoms with Crippen molar-refractivity contribution in [3.8, 4) is 0 Å². The van der Waals surface area contributed by atoms with E-state index in [1.807, 2.05) is 20.0 Å². The molecule has 7 heteroatoms. The summed E-state index contributed by atoms with van der Waals surface area (Å²) < 4.78 is 1.49. The molecule has 2 aromatic heterocycles. The SMILES string of the molecule is CNC1CCN(c2cc3n[nH]c(=O)n3c(C)n2)CC1. The fraction of sp³-hybridized carbons (Fsp3) is 0.583. The minimum Gasteiger partial charge on any atom is -0.356 e. The van der Waals surface area contributed by atoms with Gasteiger partial charge in [0.2, 0.25) is 0 Å². The van der Waals surface area contributed by atoms with E-state index < -0.39 is 0 Å². The van der Waals surface area contributed by atoms with Crippen LogP contribution < -0.4 is 15.9 Å². The van der Waals surface area contributed by atoms with Gasteiger partial charge in [-0.1, -0.05) is 0 Å². The van der Waals surface area contributed by atoms with Gasteiger partial charge in [0.15, 0.2) is 5.65 Å². The quantitative estimate of drug-likeness (QED) is 0.791. The highest BCUT2D eigenvalue weighted by Crippen LogP contribution is 2.19. The van der Waals surface area contributed by atoms with E-state index in [4.69, 9.17) is 0 Å². The Balaban J connectivity index is 1.92. The van der Waals surface area contributed by atoms with Gasteiger partial charge < -0.3 is 10.2 Å². The van der Waals surface area contributed by atoms with Crippen LogP contribution in [0.5, 0.6) is 0 Å². The highest BCUT2D eigenvalue weighted by atomic mass is 16.1. The second kappa shape index (κ2) is 4.65. The Hall–Kier alpha value is -1.89. The summed E-state index contributed by atoms with van der Waals surface area (Å²) in [5.74, 6) is 1.57. The number of piperidine rings is 1. The van der Waals surface area contributed by atoms with Gasteiger partial charge in [-0.15, -0.1) is 0 Å². The van der Waals surface area contributed by atoms with Crippen LogP contribution in [-0.4, -0.2) is 45.8 Å². The number of hydrogen-bond acceptors (Lipinski definition) is 5. The van der Waals surface area contributed by atoms with E-state index in [0.717, 1.165) is 31.7 Å². The molecule has 1 fully saturated rings. The fourth-order valence-electron chi connectivity index (χ4n) is 2.64. The molecule has 7 nitrogen and oxygen atoms in total. The first kappa shape index (κ1) is 12.2. The summed E-state index contributed by atoms with van der Waals surface area (Å²) in [4.78, 5) is 18.3. The van der Waals surface area contributed by atoms with E-state index in [1.54, 1.807) is 0 Å². The zero-order valence-electron chi connectivity index (χ0n) is 11.2. The Bertz CT molecular complexity index is 637. The van der Waals surface area contributed by atoms with Gasteiger partial charge in [0.05, 0.1) is 0 Å². The number of hydrogen-bond donors (Lipinski definition) is 2. The summed E-state index contributed by atoms with van der Waals surface area (Å²) in [5.41, 5.74) is 0.392. The first-order chi connectivity index (χ1) is 9.19. The van der Waals surface area contributed by atoms with Gasteiger partial charge >= 0.3 is 5.69 Å². The lowest BCUT2D eigenvalue weighted by Gasteiger charge is -2.32. The molecule has 0 spiro atoms. The molecule has 0 atom stereocenters. The van der Waals surface area contributed by atoms with Crippen LogP contribution in [0.2, 0.25) is 0 Å². The van der Waals surface area contributed by atoms with Crippen molar-refractivity contribution in [2.75, 3.05) is 25.0 Å². The number of H-pyrrole nitrogens is 1. The fourth-order valence-corrected chi connectivity index (χ4v) is 2.64. The minimum absolute atomic E-state index is 0.236. The molecule has 2 N–H and O–H groups in total. The predicted octanol–water partition coefficient (Wildman–Crippen LogP) is -0.0858. The highest BCUT2D eigenvalue weighted by molar-refractivity contribution is 5.51. The molecule has 3 heterocycles. The number of nitrogens with zero attached hydrogens (tertiary/aromatic N) is 4. The van der Waals surface area contributed by atoms with E-state index in [0.29, 0.717) is 17.5 Å². The predicted molar refractivity (Wildman–Crippen MR) is 72.6 cm³/mol. The van der Waals surface area contributed by atoms with Crippen LogP contribution in [0.3, 0.4) is 0 Å². The molecular weight excluding hydrogens is 244 g/mol. The van der Waals surface area contributed by atoms with Gasteiger partial charge in [0, 0.05) is 25.2 Å². The summed E-state index contributed by atoms with van der Waals surface area (Å²) in [6, 6.07) is 2.46. The van der Waals surface area contributed by atoms with Gasteiger partial charge in [0.25, 0.3) is 0 Å². The van der Waals surface area contributed by atoms with Crippen molar-refractivity contribution in [3.63, 3.8) is 0 Å². The topological polar surface area (TPSA) is 78.3 Å². The maximum atomic E-state index is 11.6. The lowest BCUT2D eigenvalue weighted by molar-refractivity contribution is 0.440. The zero-order chi connectivity index (χ0) is 13.4. The van der Waals surface area contributed by atoms with Crippen molar-refractivity contribution in [2.45, 2.75) is 25.8 Å². The second-order valence-corrected chi connectivity index (χ2v) is 4.93. The molecular formula is C12H18N6O. The highest BCUT2D eigenvalue weighted by Gasteiger charge is 2.20. The molecule has 2 aromatic rings. The lowest BCUT2D eigenvalue weighted by atomic mass is 10.1. The number of rotatable bonds is 2. The molecule has 19 heavy (non-hydrogen) atoms. The average molecular weight is 262 g/mol. The van der Waals surface area contributed by atoms with Crippen molar-refractivity contribution >= 4 is 11.5 Å². The third-order valence-corrected chi connectivity index (χ3v) is 3.78. The Labute approximate surface area is 110 Å². The third-order valence-electron chi connectivity index (χ3n) is 3.78. The van der Waals surface area contributed by atoms with Gasteiger partial charge in [-0.2, -0.15) is 5.10 Å². The van der Waals surface area contributed by atoms with Crippen LogP contribution in [0.25, 0.3) is 5.65 Å². The van der Waals surface area contributed by atoms with Crippen LogP contribution in [0.4, 0.5) is 5.82 Å². The first-order valence-electron chi connectivity index (χ1n) is 6.56. The van der Waals surface area contributed by atoms with E-state index in [1.165, 1.54) is 4.40 Å². The molecule has 0 bridgehead atoms. The third kappa shape index (κ3) is 2.10. The van der Waals surface area contributed by atoms with E-state index in [9.17, 15) is 4.79 Å². The molecule has 0 amide bonds. The number of fused-ring (bicyclic) bond motifs is 1. The van der Waals surface area contributed by atoms with E-state index >= 15 is 0 Å². The second-order valence-electron chi connectivity index (χ2n) is 4.93. The number of aryl methyl sites for hydroxylation is 1. The van der Waals surface area contributed by atoms with Gasteiger partial charge in [0.1, 0.15) is 11.6 Å². The molecule has 0 aromatic carbocycles. The first-order valence-corrected chi connectivity index (χ1v) is 6.56. The van der Waals surface area contributed by atoms with E-state index in [-0.39, 0.29) is 5.69 Å². The smallest absolute Gasteiger partial charge is 0.349 e. The molecule has 3 rings (SSSR count). The summed E-state index contributed by atoms with van der Waals surface area (Å²) in [7, 11) is 2.00. The monoisotopic (exact) mass is 262 g/mol. The average Bonchev–Trinajstić information content (AvgIpc) is 2.81. The van der Waals surface area contributed by atoms with Crippen LogP contribution in [0.15, 0.2) is 10.9 Å². The normalized spacial score (nSPS) is 17.3. The maximum absolute atomic E-state index is 11.6. The van der Waals surface area contributed by atoms with Crippen LogP contribution in [-0.2, 0) is 0 Å². The standard InChI is InChI=1S/C12H18N6O/c1-8-14-10(7-11-15-16-12(19)18(8)11)17-5-3-9(13-2)4-6-17/h7,9,13H,3-6H2,1-2H3,(H,16,19). The molecule has 1 aliphatic rings. The van der Waals surface area contributed by atoms with Gasteiger partial charge in [-0.25, -0.2) is 19.3 Å². The van der Waals surface area contributed by atoms with Crippen molar-refractivity contribution in [1.82, 2.24) is 24.9 Å².